The highest BCUT2D eigenvalue weighted by molar-refractivity contribution is 5.20. The predicted octanol–water partition coefficient (Wildman–Crippen LogP) is -10.4. The Morgan fingerprint density at radius 3 is 0.312 bits per heavy atom. The molecule has 0 amide bonds. The molecule has 0 unspecified atom stereocenters. The normalized spacial score (nSPS) is 11.1. The van der Waals surface area contributed by atoms with Crippen LogP contribution in [-0.4, -0.2) is 247 Å². The molecule has 0 aliphatic heterocycles. The summed E-state index contributed by atoms with van der Waals surface area (Å²) in [5.74, 6) is 1.80. The second-order valence-electron chi connectivity index (χ2n) is 11.0. The summed E-state index contributed by atoms with van der Waals surface area (Å²) in [7, 11) is 0. The third-order valence-electron chi connectivity index (χ3n) is 7.44. The SMILES string of the molecule is n1nc(C(c2nn[nH]n2)c2nn[nH]n2)n[nH]1.n1nc(C(c2nn[nH]n2)c2nn[nH]n2)n[nH]1.n1nc(C(c2nn[nH]n2)c2nn[nH]n2)n[nH]1.n1nc(C(c2nn[nH]n2)c2nn[nH]n2)n[nH]1. The zero-order chi connectivity index (χ0) is 43.2. The summed E-state index contributed by atoms with van der Waals surface area (Å²) in [6, 6.07) is 0. The fourth-order valence-electron chi connectivity index (χ4n) is 4.89. The Bertz CT molecular complexity index is 2160. The van der Waals surface area contributed by atoms with Gasteiger partial charge in [-0.3, -0.25) is 0 Å². The van der Waals surface area contributed by atoms with Gasteiger partial charge in [-0.2, -0.15) is 62.6 Å². The first kappa shape index (κ1) is 38.4. The molecule has 48 nitrogen and oxygen atoms in total. The molecule has 0 bridgehead atoms. The van der Waals surface area contributed by atoms with E-state index < -0.39 is 23.7 Å². The largest absolute Gasteiger partial charge is 0.193 e. The second-order valence-corrected chi connectivity index (χ2v) is 11.0. The average Bonchev–Trinajstić information content (AvgIpc) is 4.17. The lowest BCUT2D eigenvalue weighted by Gasteiger charge is -2.01. The van der Waals surface area contributed by atoms with Crippen molar-refractivity contribution in [3.05, 3.63) is 69.9 Å². The number of H-pyrrole nitrogens is 12. The van der Waals surface area contributed by atoms with Gasteiger partial charge in [0.25, 0.3) is 0 Å². The Kier molecular flexibility index (Phi) is 11.2. The van der Waals surface area contributed by atoms with E-state index in [0.717, 1.165) is 0 Å². The maximum atomic E-state index is 3.84. The van der Waals surface area contributed by atoms with Gasteiger partial charge in [0.15, 0.2) is 93.6 Å². The van der Waals surface area contributed by atoms with Crippen LogP contribution in [0, 0.1) is 0 Å². The van der Waals surface area contributed by atoms with Crippen molar-refractivity contribution in [1.29, 1.82) is 0 Å². The molecular formula is C16H16N48. The summed E-state index contributed by atoms with van der Waals surface area (Å²) < 4.78 is 0. The first-order valence-corrected chi connectivity index (χ1v) is 16.6. The molecular weight excluding hydrogens is 865 g/mol. The summed E-state index contributed by atoms with van der Waals surface area (Å²) in [4.78, 5) is 0. The van der Waals surface area contributed by atoms with E-state index in [1.54, 1.807) is 0 Å². The highest BCUT2D eigenvalue weighted by Crippen LogP contribution is 2.24. The van der Waals surface area contributed by atoms with Crippen molar-refractivity contribution in [2.45, 2.75) is 23.7 Å². The molecule has 0 aromatic carbocycles. The molecule has 12 N–H and O–H groups in total. The third kappa shape index (κ3) is 8.65. The van der Waals surface area contributed by atoms with Crippen LogP contribution in [0.4, 0.5) is 0 Å². The lowest BCUT2D eigenvalue weighted by atomic mass is 10.1. The minimum atomic E-state index is -0.559. The molecule has 0 saturated heterocycles. The topological polar surface area (TPSA) is 654 Å². The zero-order valence-corrected chi connectivity index (χ0v) is 30.4. The minimum absolute atomic E-state index is 0.336. The van der Waals surface area contributed by atoms with Crippen molar-refractivity contribution in [2.75, 3.05) is 0 Å². The molecule has 48 heteroatoms. The Hall–Kier alpha value is -11.2. The Balaban J connectivity index is 0.000000108. The molecule has 12 aromatic rings. The highest BCUT2D eigenvalue weighted by Gasteiger charge is 2.32. The van der Waals surface area contributed by atoms with E-state index in [0.29, 0.717) is 69.9 Å². The summed E-state index contributed by atoms with van der Waals surface area (Å²) in [6.07, 6.45) is 0. The highest BCUT2D eigenvalue weighted by atomic mass is 15.6. The lowest BCUT2D eigenvalue weighted by Crippen LogP contribution is -2.10. The molecule has 0 radical (unpaired) electrons. The Morgan fingerprint density at radius 1 is 0.156 bits per heavy atom. The van der Waals surface area contributed by atoms with Crippen molar-refractivity contribution in [3.63, 3.8) is 0 Å². The van der Waals surface area contributed by atoms with Gasteiger partial charge in [0.1, 0.15) is 0 Å². The van der Waals surface area contributed by atoms with E-state index in [1.165, 1.54) is 0 Å². The third-order valence-corrected chi connectivity index (χ3v) is 7.44. The van der Waals surface area contributed by atoms with Crippen LogP contribution in [0.5, 0.6) is 0 Å². The first-order chi connectivity index (χ1) is 31.8. The minimum Gasteiger partial charge on any atom is -0.177 e. The Labute approximate surface area is 341 Å². The second kappa shape index (κ2) is 18.6. The number of aromatic nitrogens is 48. The quantitative estimate of drug-likeness (QED) is 0.0542. The van der Waals surface area contributed by atoms with Crippen molar-refractivity contribution in [3.8, 4) is 0 Å². The van der Waals surface area contributed by atoms with Crippen molar-refractivity contribution >= 4 is 0 Å². The van der Waals surface area contributed by atoms with E-state index >= 15 is 0 Å². The summed E-state index contributed by atoms with van der Waals surface area (Å²) in [6.45, 7) is 0. The number of rotatable bonds is 12. The van der Waals surface area contributed by atoms with Gasteiger partial charge in [-0.25, -0.2) is 0 Å². The van der Waals surface area contributed by atoms with Crippen molar-refractivity contribution in [2.24, 2.45) is 0 Å². The monoisotopic (exact) mass is 880 g/mol. The average molecular weight is 881 g/mol. The van der Waals surface area contributed by atoms with Crippen LogP contribution in [0.3, 0.4) is 0 Å². The van der Waals surface area contributed by atoms with E-state index in [9.17, 15) is 0 Å². The molecule has 64 heavy (non-hydrogen) atoms. The molecule has 0 saturated carbocycles. The molecule has 0 aliphatic rings. The number of hydrogen-bond donors (Lipinski definition) is 12. The fraction of sp³-hybridized carbons (Fsp3) is 0.250. The van der Waals surface area contributed by atoms with Gasteiger partial charge in [0.05, 0.1) is 0 Å². The van der Waals surface area contributed by atoms with Crippen molar-refractivity contribution < 1.29 is 0 Å². The lowest BCUT2D eigenvalue weighted by molar-refractivity contribution is 0.741. The molecule has 12 rings (SSSR count). The van der Waals surface area contributed by atoms with Gasteiger partial charge in [0, 0.05) is 0 Å². The number of hydrogen-bond acceptors (Lipinski definition) is 36. The molecule has 0 atom stereocenters. The zero-order valence-electron chi connectivity index (χ0n) is 30.4. The van der Waals surface area contributed by atoms with Crippen LogP contribution in [0.2, 0.25) is 0 Å². The molecule has 320 valence electrons. The maximum Gasteiger partial charge on any atom is 0.193 e. The smallest absolute Gasteiger partial charge is 0.177 e. The van der Waals surface area contributed by atoms with E-state index in [2.05, 4.69) is 247 Å². The standard InChI is InChI=1S/4C4H4N12/c4*5-2(6-12-11-5)1(3-7-13-14-8-3)4-9-15-16-10-4/h4*1H,(H,5,6,11,12)(H,7,8,13,14)(H,9,10,15,16). The van der Waals surface area contributed by atoms with Crippen LogP contribution < -0.4 is 0 Å². The Morgan fingerprint density at radius 2 is 0.250 bits per heavy atom. The molecule has 0 aliphatic carbocycles. The molecule has 0 fully saturated rings. The van der Waals surface area contributed by atoms with Gasteiger partial charge in [0.2, 0.25) is 0 Å². The number of tetrazole rings is 12. The van der Waals surface area contributed by atoms with E-state index in [4.69, 9.17) is 0 Å². The van der Waals surface area contributed by atoms with Gasteiger partial charge >= 0.3 is 0 Å². The molecule has 12 heterocycles. The van der Waals surface area contributed by atoms with Gasteiger partial charge in [-0.05, 0) is 0 Å². The van der Waals surface area contributed by atoms with Crippen LogP contribution >= 0.6 is 0 Å². The fourth-order valence-corrected chi connectivity index (χ4v) is 4.89. The van der Waals surface area contributed by atoms with Crippen LogP contribution in [0.25, 0.3) is 0 Å². The van der Waals surface area contributed by atoms with Crippen LogP contribution in [-0.2, 0) is 0 Å². The predicted molar refractivity (Wildman–Crippen MR) is 174 cm³/mol. The molecule has 0 spiro atoms. The summed E-state index contributed by atoms with van der Waals surface area (Å²) >= 11 is 0. The maximum absolute atomic E-state index is 3.84. The van der Waals surface area contributed by atoms with E-state index in [1.807, 2.05) is 0 Å². The number of aromatic amines is 12. The first-order valence-electron chi connectivity index (χ1n) is 16.6. The van der Waals surface area contributed by atoms with Gasteiger partial charge in [-0.15, -0.1) is 122 Å². The van der Waals surface area contributed by atoms with E-state index in [-0.39, 0.29) is 0 Å². The number of nitrogens with one attached hydrogen (secondary N) is 12. The van der Waals surface area contributed by atoms with Gasteiger partial charge in [-0.1, -0.05) is 62.6 Å². The summed E-state index contributed by atoms with van der Waals surface area (Å²) in [5, 5.41) is 162. The number of nitrogens with zero attached hydrogens (tertiary/aromatic N) is 36. The molecule has 12 aromatic heterocycles. The van der Waals surface area contributed by atoms with Crippen LogP contribution in [0.1, 0.15) is 93.6 Å². The van der Waals surface area contributed by atoms with Crippen molar-refractivity contribution in [1.82, 2.24) is 247 Å². The van der Waals surface area contributed by atoms with Gasteiger partial charge < -0.3 is 0 Å². The van der Waals surface area contributed by atoms with Crippen LogP contribution in [0.15, 0.2) is 0 Å². The summed E-state index contributed by atoms with van der Waals surface area (Å²) in [5.41, 5.74) is 0.